The summed E-state index contributed by atoms with van der Waals surface area (Å²) in [6.45, 7) is 3.27. The van der Waals surface area contributed by atoms with Gasteiger partial charge in [-0.25, -0.2) is 9.18 Å². The lowest BCUT2D eigenvalue weighted by atomic mass is 10.0. The normalized spacial score (nSPS) is 15.9. The first-order valence-corrected chi connectivity index (χ1v) is 7.70. The number of hydrogen-bond donors (Lipinski definition) is 2. The molecule has 1 aliphatic rings. The second-order valence-electron chi connectivity index (χ2n) is 5.50. The zero-order valence-corrected chi connectivity index (χ0v) is 13.1. The fraction of sp³-hybridized carbons (Fsp3) is 0.412. The number of aliphatic carboxylic acids is 1. The number of hydrogen-bond acceptors (Lipinski definition) is 3. The molecule has 1 aromatic carbocycles. The Morgan fingerprint density at radius 3 is 2.65 bits per heavy atom. The summed E-state index contributed by atoms with van der Waals surface area (Å²) >= 11 is 0. The van der Waals surface area contributed by atoms with E-state index in [4.69, 9.17) is 5.11 Å². The monoisotopic (exact) mass is 320 g/mol. The van der Waals surface area contributed by atoms with Crippen molar-refractivity contribution in [2.45, 2.75) is 25.8 Å². The van der Waals surface area contributed by atoms with Crippen LogP contribution in [0.3, 0.4) is 0 Å². The number of amides is 1. The van der Waals surface area contributed by atoms with Crippen LogP contribution in [0.2, 0.25) is 0 Å². The van der Waals surface area contributed by atoms with E-state index in [2.05, 4.69) is 5.32 Å². The third-order valence-corrected chi connectivity index (χ3v) is 3.88. The van der Waals surface area contributed by atoms with Crippen LogP contribution in [-0.2, 0) is 9.59 Å². The highest BCUT2D eigenvalue weighted by Gasteiger charge is 2.24. The molecule has 0 spiro atoms. The van der Waals surface area contributed by atoms with Crippen LogP contribution in [0.25, 0.3) is 0 Å². The molecule has 124 valence electrons. The van der Waals surface area contributed by atoms with Gasteiger partial charge in [-0.1, -0.05) is 25.1 Å². The second-order valence-corrected chi connectivity index (χ2v) is 5.50. The lowest BCUT2D eigenvalue weighted by Crippen LogP contribution is -2.39. The van der Waals surface area contributed by atoms with Crippen molar-refractivity contribution in [3.8, 4) is 0 Å². The zero-order valence-electron chi connectivity index (χ0n) is 13.1. The van der Waals surface area contributed by atoms with Gasteiger partial charge in [0.05, 0.1) is 12.1 Å². The maximum atomic E-state index is 13.1. The third-order valence-electron chi connectivity index (χ3n) is 3.88. The molecular formula is C17H21FN2O3. The number of carbonyl (C=O) groups excluding carboxylic acids is 1. The molecule has 0 radical (unpaired) electrons. The van der Waals surface area contributed by atoms with Gasteiger partial charge in [-0.15, -0.1) is 0 Å². The number of benzene rings is 1. The molecule has 0 aromatic heterocycles. The summed E-state index contributed by atoms with van der Waals surface area (Å²) in [5.41, 5.74) is 1.10. The van der Waals surface area contributed by atoms with Gasteiger partial charge in [0.2, 0.25) is 5.91 Å². The molecule has 1 aromatic rings. The van der Waals surface area contributed by atoms with E-state index < -0.39 is 5.97 Å². The Morgan fingerprint density at radius 1 is 1.35 bits per heavy atom. The van der Waals surface area contributed by atoms with Crippen LogP contribution in [0, 0.1) is 5.82 Å². The first-order chi connectivity index (χ1) is 11.0. The SMILES string of the molecule is CCNC(CC(=O)N1CCC=C(C(=O)O)C1)c1ccc(F)cc1. The van der Waals surface area contributed by atoms with E-state index in [1.807, 2.05) is 6.92 Å². The maximum absolute atomic E-state index is 13.1. The highest BCUT2D eigenvalue weighted by atomic mass is 19.1. The number of nitrogens with one attached hydrogen (secondary N) is 1. The van der Waals surface area contributed by atoms with Crippen molar-refractivity contribution in [2.75, 3.05) is 19.6 Å². The minimum Gasteiger partial charge on any atom is -0.478 e. The average molecular weight is 320 g/mol. The topological polar surface area (TPSA) is 69.6 Å². The van der Waals surface area contributed by atoms with Crippen molar-refractivity contribution in [1.82, 2.24) is 10.2 Å². The van der Waals surface area contributed by atoms with Crippen molar-refractivity contribution in [1.29, 1.82) is 0 Å². The molecule has 1 heterocycles. The Kier molecular flexibility index (Phi) is 5.87. The summed E-state index contributed by atoms with van der Waals surface area (Å²) < 4.78 is 13.1. The van der Waals surface area contributed by atoms with Crippen molar-refractivity contribution < 1.29 is 19.1 Å². The Labute approximate surface area is 134 Å². The number of carboxylic acids is 1. The lowest BCUT2D eigenvalue weighted by Gasteiger charge is -2.28. The smallest absolute Gasteiger partial charge is 0.333 e. The van der Waals surface area contributed by atoms with E-state index in [0.717, 1.165) is 5.56 Å². The van der Waals surface area contributed by atoms with Gasteiger partial charge in [-0.3, -0.25) is 4.79 Å². The van der Waals surface area contributed by atoms with Gasteiger partial charge in [0, 0.05) is 19.0 Å². The summed E-state index contributed by atoms with van der Waals surface area (Å²) in [6, 6.07) is 5.85. The average Bonchev–Trinajstić information content (AvgIpc) is 2.55. The standard InChI is InChI=1S/C17H21FN2O3/c1-2-19-15(12-5-7-14(18)8-6-12)10-16(21)20-9-3-4-13(11-20)17(22)23/h4-8,15,19H,2-3,9-11H2,1H3,(H,22,23). The van der Waals surface area contributed by atoms with E-state index in [0.29, 0.717) is 19.5 Å². The van der Waals surface area contributed by atoms with Crippen LogP contribution in [-0.4, -0.2) is 41.5 Å². The number of carbonyl (C=O) groups is 2. The molecular weight excluding hydrogens is 299 g/mol. The van der Waals surface area contributed by atoms with Crippen molar-refractivity contribution >= 4 is 11.9 Å². The van der Waals surface area contributed by atoms with Crippen molar-refractivity contribution in [3.05, 3.63) is 47.3 Å². The summed E-state index contributed by atoms with van der Waals surface area (Å²) in [5.74, 6) is -1.40. The first-order valence-electron chi connectivity index (χ1n) is 7.70. The van der Waals surface area contributed by atoms with Crippen molar-refractivity contribution in [2.24, 2.45) is 0 Å². The van der Waals surface area contributed by atoms with E-state index in [1.165, 1.54) is 12.1 Å². The molecule has 0 aliphatic carbocycles. The second kappa shape index (κ2) is 7.87. The zero-order chi connectivity index (χ0) is 16.8. The highest BCUT2D eigenvalue weighted by molar-refractivity contribution is 5.89. The van der Waals surface area contributed by atoms with Gasteiger partial charge in [0.15, 0.2) is 0 Å². The molecule has 1 atom stereocenters. The lowest BCUT2D eigenvalue weighted by molar-refractivity contribution is -0.134. The highest BCUT2D eigenvalue weighted by Crippen LogP contribution is 2.20. The van der Waals surface area contributed by atoms with E-state index >= 15 is 0 Å². The van der Waals surface area contributed by atoms with Crippen LogP contribution < -0.4 is 5.32 Å². The molecule has 6 heteroatoms. The van der Waals surface area contributed by atoms with Crippen molar-refractivity contribution in [3.63, 3.8) is 0 Å². The fourth-order valence-electron chi connectivity index (χ4n) is 2.66. The molecule has 2 rings (SSSR count). The van der Waals surface area contributed by atoms with Crippen LogP contribution in [0.1, 0.15) is 31.4 Å². The Hall–Kier alpha value is -2.21. The molecule has 0 saturated carbocycles. The molecule has 5 nitrogen and oxygen atoms in total. The molecule has 0 saturated heterocycles. The van der Waals surface area contributed by atoms with Gasteiger partial charge in [0.25, 0.3) is 0 Å². The minimum atomic E-state index is -0.982. The Bertz CT molecular complexity index is 598. The molecule has 0 fully saturated rings. The van der Waals surface area contributed by atoms with Crippen LogP contribution >= 0.6 is 0 Å². The molecule has 0 bridgehead atoms. The van der Waals surface area contributed by atoms with E-state index in [-0.39, 0.29) is 36.3 Å². The molecule has 2 N–H and O–H groups in total. The van der Waals surface area contributed by atoms with Gasteiger partial charge >= 0.3 is 5.97 Å². The van der Waals surface area contributed by atoms with E-state index in [9.17, 15) is 14.0 Å². The van der Waals surface area contributed by atoms with Gasteiger partial charge in [-0.05, 0) is 30.7 Å². The van der Waals surface area contributed by atoms with E-state index in [1.54, 1.807) is 23.1 Å². The quantitative estimate of drug-likeness (QED) is 0.842. The third kappa shape index (κ3) is 4.63. The minimum absolute atomic E-state index is 0.105. The summed E-state index contributed by atoms with van der Waals surface area (Å²) in [5, 5.41) is 12.3. The van der Waals surface area contributed by atoms with Crippen LogP contribution in [0.15, 0.2) is 35.9 Å². The predicted molar refractivity (Wildman–Crippen MR) is 84.4 cm³/mol. The van der Waals surface area contributed by atoms with Crippen LogP contribution in [0.4, 0.5) is 4.39 Å². The number of rotatable bonds is 6. The summed E-state index contributed by atoms with van der Waals surface area (Å²) in [4.78, 5) is 25.1. The molecule has 1 unspecified atom stereocenters. The summed E-state index contributed by atoms with van der Waals surface area (Å²) in [7, 11) is 0. The maximum Gasteiger partial charge on any atom is 0.333 e. The largest absolute Gasteiger partial charge is 0.478 e. The first kappa shape index (κ1) is 17.1. The van der Waals surface area contributed by atoms with Gasteiger partial charge in [0.1, 0.15) is 5.82 Å². The van der Waals surface area contributed by atoms with Gasteiger partial charge in [-0.2, -0.15) is 0 Å². The van der Waals surface area contributed by atoms with Crippen LogP contribution in [0.5, 0.6) is 0 Å². The fourth-order valence-corrected chi connectivity index (χ4v) is 2.66. The molecule has 23 heavy (non-hydrogen) atoms. The summed E-state index contributed by atoms with van der Waals surface area (Å²) in [6.07, 6.45) is 2.43. The molecule has 1 aliphatic heterocycles. The Balaban J connectivity index is 2.05. The predicted octanol–water partition coefficient (Wildman–Crippen LogP) is 2.11. The molecule has 1 amide bonds. The number of halogens is 1. The Morgan fingerprint density at radius 2 is 2.04 bits per heavy atom. The van der Waals surface area contributed by atoms with Gasteiger partial charge < -0.3 is 15.3 Å². The number of carboxylic acid groups (broad SMARTS) is 1. The number of nitrogens with zero attached hydrogens (tertiary/aromatic N) is 1.